The molecule has 0 saturated carbocycles. The van der Waals surface area contributed by atoms with E-state index in [-0.39, 0.29) is 27.3 Å². The average molecular weight is 432 g/mol. The fourth-order valence-corrected chi connectivity index (χ4v) is 3.97. The van der Waals surface area contributed by atoms with Gasteiger partial charge in [-0.05, 0) is 62.1 Å². The number of imide groups is 1. The molecule has 2 amide bonds. The van der Waals surface area contributed by atoms with Gasteiger partial charge in [-0.15, -0.1) is 0 Å². The zero-order valence-corrected chi connectivity index (χ0v) is 17.4. The maximum Gasteiger partial charge on any atom is 0.293 e. The van der Waals surface area contributed by atoms with Gasteiger partial charge in [-0.1, -0.05) is 0 Å². The molecular formula is C23H20N4O5. The lowest BCUT2D eigenvalue weighted by molar-refractivity contribution is -0.384. The first-order valence-corrected chi connectivity index (χ1v) is 10.2. The van der Waals surface area contributed by atoms with Gasteiger partial charge in [0.05, 0.1) is 4.92 Å². The van der Waals surface area contributed by atoms with E-state index in [1.54, 1.807) is 30.3 Å². The van der Waals surface area contributed by atoms with Crippen molar-refractivity contribution in [3.05, 3.63) is 62.9 Å². The van der Waals surface area contributed by atoms with Gasteiger partial charge in [0.15, 0.2) is 0 Å². The van der Waals surface area contributed by atoms with Crippen molar-refractivity contribution >= 4 is 29.3 Å². The molecule has 0 bridgehead atoms. The number of nitriles is 1. The highest BCUT2D eigenvalue weighted by Gasteiger charge is 2.28. The number of benzene rings is 1. The van der Waals surface area contributed by atoms with Crippen LogP contribution in [0.2, 0.25) is 0 Å². The molecule has 3 heterocycles. The van der Waals surface area contributed by atoms with E-state index in [1.807, 2.05) is 4.90 Å². The minimum absolute atomic E-state index is 0.0170. The zero-order valence-electron chi connectivity index (χ0n) is 17.4. The van der Waals surface area contributed by atoms with E-state index in [4.69, 9.17) is 9.68 Å². The number of amides is 2. The smallest absolute Gasteiger partial charge is 0.293 e. The number of nitrogens with one attached hydrogen (secondary N) is 1. The van der Waals surface area contributed by atoms with Crippen LogP contribution in [-0.4, -0.2) is 29.8 Å². The molecule has 0 aliphatic carbocycles. The van der Waals surface area contributed by atoms with E-state index in [0.717, 1.165) is 32.4 Å². The summed E-state index contributed by atoms with van der Waals surface area (Å²) < 4.78 is 5.80. The van der Waals surface area contributed by atoms with Gasteiger partial charge >= 0.3 is 0 Å². The number of anilines is 1. The molecule has 4 rings (SSSR count). The Labute approximate surface area is 183 Å². The molecule has 1 saturated heterocycles. The third kappa shape index (κ3) is 3.90. The summed E-state index contributed by atoms with van der Waals surface area (Å²) in [4.78, 5) is 37.3. The monoisotopic (exact) mass is 432 g/mol. The molecule has 1 fully saturated rings. The highest BCUT2D eigenvalue weighted by atomic mass is 16.6. The molecular weight excluding hydrogens is 412 g/mol. The Bertz CT molecular complexity index is 1230. The van der Waals surface area contributed by atoms with Crippen LogP contribution in [0.4, 0.5) is 11.4 Å². The maximum atomic E-state index is 12.2. The average Bonchev–Trinajstić information content (AvgIpc) is 3.26. The second kappa shape index (κ2) is 8.51. The lowest BCUT2D eigenvalue weighted by Gasteiger charge is -2.28. The number of furan rings is 1. The normalized spacial score (nSPS) is 18.0. The molecule has 0 spiro atoms. The summed E-state index contributed by atoms with van der Waals surface area (Å²) >= 11 is 0. The van der Waals surface area contributed by atoms with Gasteiger partial charge in [-0.2, -0.15) is 5.26 Å². The summed E-state index contributed by atoms with van der Waals surface area (Å²) in [6.45, 7) is 3.11. The fourth-order valence-electron chi connectivity index (χ4n) is 3.97. The van der Waals surface area contributed by atoms with E-state index >= 15 is 0 Å². The number of nitro groups is 1. The zero-order chi connectivity index (χ0) is 22.8. The van der Waals surface area contributed by atoms with Crippen molar-refractivity contribution in [2.45, 2.75) is 26.2 Å². The largest absolute Gasteiger partial charge is 0.457 e. The predicted octanol–water partition coefficient (Wildman–Crippen LogP) is 3.72. The van der Waals surface area contributed by atoms with E-state index in [1.165, 1.54) is 19.1 Å². The first-order valence-electron chi connectivity index (χ1n) is 10.2. The molecule has 1 N–H and O–H groups in total. The minimum atomic E-state index is -0.728. The van der Waals surface area contributed by atoms with Crippen LogP contribution in [0.1, 0.15) is 31.9 Å². The van der Waals surface area contributed by atoms with Crippen molar-refractivity contribution in [2.24, 2.45) is 0 Å². The number of nitro benzene ring substituents is 1. The first-order chi connectivity index (χ1) is 15.4. The Hall–Kier alpha value is -4.19. The Balaban J connectivity index is 1.67. The van der Waals surface area contributed by atoms with Gasteiger partial charge in [0.25, 0.3) is 17.5 Å². The van der Waals surface area contributed by atoms with Crippen LogP contribution in [0.15, 0.2) is 51.5 Å². The van der Waals surface area contributed by atoms with Crippen LogP contribution >= 0.6 is 0 Å². The summed E-state index contributed by atoms with van der Waals surface area (Å²) in [6.07, 6.45) is 4.59. The van der Waals surface area contributed by atoms with E-state index in [0.29, 0.717) is 22.8 Å². The second-order valence-corrected chi connectivity index (χ2v) is 7.66. The van der Waals surface area contributed by atoms with Crippen LogP contribution < -0.4 is 10.2 Å². The van der Waals surface area contributed by atoms with Gasteiger partial charge in [0.2, 0.25) is 0 Å². The fraction of sp³-hybridized carbons (Fsp3) is 0.261. The number of nitrogens with zero attached hydrogens (tertiary/aromatic N) is 3. The molecule has 32 heavy (non-hydrogen) atoms. The third-order valence-corrected chi connectivity index (χ3v) is 5.66. The molecule has 2 aliphatic heterocycles. The molecule has 1 aromatic carbocycles. The van der Waals surface area contributed by atoms with Crippen molar-refractivity contribution in [3.8, 4) is 17.4 Å². The topological polar surface area (TPSA) is 129 Å². The molecule has 1 aromatic heterocycles. The highest BCUT2D eigenvalue weighted by molar-refractivity contribution is 6.19. The molecule has 0 radical (unpaired) electrons. The molecule has 0 atom stereocenters. The summed E-state index contributed by atoms with van der Waals surface area (Å²) in [7, 11) is 0. The van der Waals surface area contributed by atoms with Gasteiger partial charge in [-0.25, -0.2) is 0 Å². The second-order valence-electron chi connectivity index (χ2n) is 7.66. The van der Waals surface area contributed by atoms with Crippen LogP contribution in [0.25, 0.3) is 17.4 Å². The van der Waals surface area contributed by atoms with E-state index in [9.17, 15) is 19.7 Å². The van der Waals surface area contributed by atoms with Gasteiger partial charge < -0.3 is 9.32 Å². The predicted molar refractivity (Wildman–Crippen MR) is 116 cm³/mol. The molecule has 162 valence electrons. The molecule has 9 heteroatoms. The van der Waals surface area contributed by atoms with E-state index in [2.05, 4.69) is 5.32 Å². The Morgan fingerprint density at radius 1 is 1.16 bits per heavy atom. The van der Waals surface area contributed by atoms with Crippen molar-refractivity contribution in [2.75, 3.05) is 18.0 Å². The number of rotatable bonds is 4. The Morgan fingerprint density at radius 2 is 1.91 bits per heavy atom. The molecule has 2 aromatic rings. The summed E-state index contributed by atoms with van der Waals surface area (Å²) in [5.41, 5.74) is 1.43. The van der Waals surface area contributed by atoms with Crippen LogP contribution in [0.5, 0.6) is 0 Å². The standard InChI is InChI=1S/C23H20N4O5/c1-14-17(22(28)25-23(29)18(14)13-24)12-16-6-8-21(32-16)15-5-7-19(20(11-15)27(30)31)26-9-3-2-4-10-26/h5-8,11-12H,2-4,9-10H2,1H3,(H,25,28,29)/b17-12-. The van der Waals surface area contributed by atoms with Gasteiger partial charge in [0, 0.05) is 30.3 Å². The quantitative estimate of drug-likeness (QED) is 0.337. The minimum Gasteiger partial charge on any atom is -0.457 e. The van der Waals surface area contributed by atoms with Gasteiger partial charge in [0.1, 0.15) is 28.9 Å². The third-order valence-electron chi connectivity index (χ3n) is 5.66. The number of hydrogen-bond acceptors (Lipinski definition) is 7. The van der Waals surface area contributed by atoms with Crippen molar-refractivity contribution < 1.29 is 18.9 Å². The summed E-state index contributed by atoms with van der Waals surface area (Å²) in [5, 5.41) is 23.0. The van der Waals surface area contributed by atoms with E-state index < -0.39 is 11.8 Å². The van der Waals surface area contributed by atoms with Gasteiger partial charge in [-0.3, -0.25) is 25.0 Å². The Kier molecular flexibility index (Phi) is 5.60. The first kappa shape index (κ1) is 21.1. The lowest BCUT2D eigenvalue weighted by atomic mass is 9.96. The van der Waals surface area contributed by atoms with Crippen molar-refractivity contribution in [1.82, 2.24) is 5.32 Å². The maximum absolute atomic E-state index is 12.2. The summed E-state index contributed by atoms with van der Waals surface area (Å²) in [6, 6.07) is 10.1. The SMILES string of the molecule is CC1=C(C#N)C(=O)NC(=O)/C1=C\c1ccc(-c2ccc(N3CCCCC3)c([N+](=O)[O-])c2)o1. The van der Waals surface area contributed by atoms with Crippen molar-refractivity contribution in [3.63, 3.8) is 0 Å². The van der Waals surface area contributed by atoms with Crippen LogP contribution in [0.3, 0.4) is 0 Å². The number of hydrogen-bond donors (Lipinski definition) is 1. The van der Waals surface area contributed by atoms with Crippen LogP contribution in [0, 0.1) is 21.4 Å². The summed E-state index contributed by atoms with van der Waals surface area (Å²) in [5.74, 6) is -0.627. The number of carbonyl (C=O) groups is 2. The number of carbonyl (C=O) groups excluding carboxylic acids is 2. The lowest BCUT2D eigenvalue weighted by Crippen LogP contribution is -2.37. The molecule has 2 aliphatic rings. The van der Waals surface area contributed by atoms with Crippen LogP contribution in [-0.2, 0) is 9.59 Å². The Morgan fingerprint density at radius 3 is 2.59 bits per heavy atom. The highest BCUT2D eigenvalue weighted by Crippen LogP contribution is 2.35. The van der Waals surface area contributed by atoms with Crippen molar-refractivity contribution in [1.29, 1.82) is 5.26 Å². The molecule has 0 unspecified atom stereocenters. The number of piperidine rings is 1. The molecule has 9 nitrogen and oxygen atoms in total.